The van der Waals surface area contributed by atoms with Crippen LogP contribution in [-0.2, 0) is 4.79 Å². The molecule has 0 aromatic heterocycles. The Morgan fingerprint density at radius 2 is 2.25 bits per heavy atom. The molecule has 12 heavy (non-hydrogen) atoms. The van der Waals surface area contributed by atoms with Crippen LogP contribution in [0.3, 0.4) is 0 Å². The molecular weight excluding hydrogens is 148 g/mol. The van der Waals surface area contributed by atoms with Crippen molar-refractivity contribution in [2.75, 3.05) is 0 Å². The van der Waals surface area contributed by atoms with Gasteiger partial charge in [-0.2, -0.15) is 0 Å². The van der Waals surface area contributed by atoms with Gasteiger partial charge >= 0.3 is 0 Å². The number of hydrogen-bond donors (Lipinski definition) is 0. The minimum Gasteiger partial charge on any atom is -0.299 e. The number of hydrogen-bond acceptors (Lipinski definition) is 1. The maximum absolute atomic E-state index is 10.1. The van der Waals surface area contributed by atoms with E-state index in [2.05, 4.69) is 6.58 Å². The van der Waals surface area contributed by atoms with Crippen molar-refractivity contribution >= 4 is 6.29 Å². The summed E-state index contributed by atoms with van der Waals surface area (Å²) in [6.07, 6.45) is 11.4. The summed E-state index contributed by atoms with van der Waals surface area (Å²) in [7, 11) is 0. The van der Waals surface area contributed by atoms with E-state index in [1.54, 1.807) is 6.08 Å². The summed E-state index contributed by atoms with van der Waals surface area (Å²) in [5.74, 6) is 1.35. The van der Waals surface area contributed by atoms with Crippen LogP contribution in [0.2, 0.25) is 0 Å². The van der Waals surface area contributed by atoms with E-state index in [-0.39, 0.29) is 0 Å². The fourth-order valence-electron chi connectivity index (χ4n) is 2.01. The minimum absolute atomic E-state index is 0.619. The van der Waals surface area contributed by atoms with E-state index in [0.717, 1.165) is 18.6 Å². The Labute approximate surface area is 74.2 Å². The number of aldehydes is 1. The van der Waals surface area contributed by atoms with E-state index < -0.39 is 0 Å². The number of allylic oxidation sites excluding steroid dienone is 3. The Hall–Kier alpha value is -0.850. The second kappa shape index (κ2) is 4.91. The Kier molecular flexibility index (Phi) is 3.78. The minimum atomic E-state index is 0.619. The van der Waals surface area contributed by atoms with Crippen LogP contribution >= 0.6 is 0 Å². The van der Waals surface area contributed by atoms with Crippen LogP contribution in [0.5, 0.6) is 0 Å². The lowest BCUT2D eigenvalue weighted by Gasteiger charge is -2.12. The molecule has 0 heterocycles. The highest BCUT2D eigenvalue weighted by molar-refractivity contribution is 5.64. The van der Waals surface area contributed by atoms with Crippen molar-refractivity contribution in [1.29, 1.82) is 0 Å². The first-order valence-corrected chi connectivity index (χ1v) is 4.61. The predicted molar refractivity (Wildman–Crippen MR) is 50.8 cm³/mol. The van der Waals surface area contributed by atoms with Gasteiger partial charge in [-0.1, -0.05) is 18.6 Å². The summed E-state index contributed by atoms with van der Waals surface area (Å²) in [5.41, 5.74) is 0. The molecule has 0 spiro atoms. The van der Waals surface area contributed by atoms with Crippen molar-refractivity contribution in [3.8, 4) is 0 Å². The maximum atomic E-state index is 10.1. The van der Waals surface area contributed by atoms with Gasteiger partial charge in [-0.15, -0.1) is 6.58 Å². The molecule has 1 aliphatic carbocycles. The topological polar surface area (TPSA) is 17.1 Å². The summed E-state index contributed by atoms with van der Waals surface area (Å²) in [6.45, 7) is 3.75. The third-order valence-electron chi connectivity index (χ3n) is 2.62. The molecule has 2 atom stereocenters. The van der Waals surface area contributed by atoms with Gasteiger partial charge in [0, 0.05) is 0 Å². The van der Waals surface area contributed by atoms with Crippen molar-refractivity contribution in [2.45, 2.75) is 25.7 Å². The van der Waals surface area contributed by atoms with Crippen molar-refractivity contribution in [3.05, 3.63) is 24.8 Å². The van der Waals surface area contributed by atoms with E-state index in [1.165, 1.54) is 19.3 Å². The molecule has 0 bridgehead atoms. The highest BCUT2D eigenvalue weighted by atomic mass is 16.1. The third-order valence-corrected chi connectivity index (χ3v) is 2.62. The highest BCUT2D eigenvalue weighted by Crippen LogP contribution is 2.34. The molecular formula is C11H16O. The fourth-order valence-corrected chi connectivity index (χ4v) is 2.01. The summed E-state index contributed by atoms with van der Waals surface area (Å²) < 4.78 is 0. The van der Waals surface area contributed by atoms with Crippen LogP contribution in [0.1, 0.15) is 25.7 Å². The van der Waals surface area contributed by atoms with E-state index >= 15 is 0 Å². The van der Waals surface area contributed by atoms with Crippen LogP contribution in [0.15, 0.2) is 24.8 Å². The Morgan fingerprint density at radius 3 is 2.92 bits per heavy atom. The zero-order chi connectivity index (χ0) is 8.81. The zero-order valence-corrected chi connectivity index (χ0v) is 7.41. The van der Waals surface area contributed by atoms with Gasteiger partial charge in [0.1, 0.15) is 6.29 Å². The second-order valence-corrected chi connectivity index (χ2v) is 3.40. The molecule has 1 fully saturated rings. The molecule has 0 aliphatic heterocycles. The smallest absolute Gasteiger partial charge is 0.142 e. The van der Waals surface area contributed by atoms with E-state index in [0.29, 0.717) is 5.92 Å². The first-order valence-electron chi connectivity index (χ1n) is 4.61. The molecule has 0 saturated heterocycles. The standard InChI is InChI=1S/C11H16O/c1-2-5-10-6-3-7-11(10)8-4-9-12/h2,4,8-11H,1,3,5-7H2/b8-4-/t10-,11-/m1/s1. The van der Waals surface area contributed by atoms with Gasteiger partial charge in [0.05, 0.1) is 0 Å². The quantitative estimate of drug-likeness (QED) is 0.355. The molecule has 1 heteroatoms. The van der Waals surface area contributed by atoms with Crippen LogP contribution in [-0.4, -0.2) is 6.29 Å². The lowest BCUT2D eigenvalue weighted by molar-refractivity contribution is -0.104. The van der Waals surface area contributed by atoms with Crippen LogP contribution < -0.4 is 0 Å². The van der Waals surface area contributed by atoms with Gasteiger partial charge in [0.2, 0.25) is 0 Å². The molecule has 0 N–H and O–H groups in total. The fraction of sp³-hybridized carbons (Fsp3) is 0.545. The van der Waals surface area contributed by atoms with Crippen molar-refractivity contribution < 1.29 is 4.79 Å². The molecule has 1 rings (SSSR count). The highest BCUT2D eigenvalue weighted by Gasteiger charge is 2.23. The van der Waals surface area contributed by atoms with E-state index in [4.69, 9.17) is 0 Å². The summed E-state index contributed by atoms with van der Waals surface area (Å²) in [5, 5.41) is 0. The van der Waals surface area contributed by atoms with Crippen LogP contribution in [0.4, 0.5) is 0 Å². The molecule has 0 radical (unpaired) electrons. The first-order chi connectivity index (χ1) is 5.88. The van der Waals surface area contributed by atoms with E-state index in [1.807, 2.05) is 12.2 Å². The number of carbonyl (C=O) groups excluding carboxylic acids is 1. The number of rotatable bonds is 4. The average molecular weight is 164 g/mol. The SMILES string of the molecule is C=CC[C@@H]1CCC[C@@H]1/C=C\C=O. The van der Waals surface area contributed by atoms with Crippen molar-refractivity contribution in [1.82, 2.24) is 0 Å². The molecule has 0 aromatic carbocycles. The maximum Gasteiger partial charge on any atom is 0.142 e. The third kappa shape index (κ3) is 2.33. The first kappa shape index (κ1) is 9.24. The molecule has 1 aliphatic rings. The summed E-state index contributed by atoms with van der Waals surface area (Å²) in [4.78, 5) is 10.1. The average Bonchev–Trinajstić information content (AvgIpc) is 2.50. The Bertz CT molecular complexity index is 181. The lowest BCUT2D eigenvalue weighted by Crippen LogP contribution is -2.03. The summed E-state index contributed by atoms with van der Waals surface area (Å²) in [6, 6.07) is 0. The molecule has 0 amide bonds. The molecule has 1 nitrogen and oxygen atoms in total. The molecule has 0 unspecified atom stereocenters. The van der Waals surface area contributed by atoms with E-state index in [9.17, 15) is 4.79 Å². The van der Waals surface area contributed by atoms with Gasteiger partial charge in [0.25, 0.3) is 0 Å². The molecule has 1 saturated carbocycles. The monoisotopic (exact) mass is 164 g/mol. The molecule has 66 valence electrons. The normalized spacial score (nSPS) is 29.3. The van der Waals surface area contributed by atoms with Gasteiger partial charge in [0.15, 0.2) is 0 Å². The van der Waals surface area contributed by atoms with Crippen molar-refractivity contribution in [3.63, 3.8) is 0 Å². The summed E-state index contributed by atoms with van der Waals surface area (Å²) >= 11 is 0. The predicted octanol–water partition coefficient (Wildman–Crippen LogP) is 2.73. The van der Waals surface area contributed by atoms with Gasteiger partial charge in [-0.25, -0.2) is 0 Å². The van der Waals surface area contributed by atoms with Gasteiger partial charge < -0.3 is 0 Å². The zero-order valence-electron chi connectivity index (χ0n) is 7.41. The Balaban J connectivity index is 2.45. The van der Waals surface area contributed by atoms with Gasteiger partial charge in [-0.3, -0.25) is 4.79 Å². The second-order valence-electron chi connectivity index (χ2n) is 3.40. The lowest BCUT2D eigenvalue weighted by atomic mass is 9.93. The van der Waals surface area contributed by atoms with Crippen LogP contribution in [0.25, 0.3) is 0 Å². The molecule has 0 aromatic rings. The van der Waals surface area contributed by atoms with Crippen molar-refractivity contribution in [2.24, 2.45) is 11.8 Å². The van der Waals surface area contributed by atoms with Gasteiger partial charge in [-0.05, 0) is 37.2 Å². The number of carbonyl (C=O) groups is 1. The van der Waals surface area contributed by atoms with Crippen LogP contribution in [0, 0.1) is 11.8 Å². The Morgan fingerprint density at radius 1 is 1.42 bits per heavy atom. The largest absolute Gasteiger partial charge is 0.299 e.